The van der Waals surface area contributed by atoms with E-state index in [4.69, 9.17) is 0 Å². The van der Waals surface area contributed by atoms with E-state index in [1.54, 1.807) is 0 Å². The number of urea groups is 1. The molecule has 0 aromatic carbocycles. The van der Waals surface area contributed by atoms with Crippen LogP contribution in [0.5, 0.6) is 0 Å². The van der Waals surface area contributed by atoms with E-state index in [-0.39, 0.29) is 18.6 Å². The normalized spacial score (nSPS) is 21.7. The molecule has 20 heavy (non-hydrogen) atoms. The zero-order chi connectivity index (χ0) is 15.1. The van der Waals surface area contributed by atoms with Crippen molar-refractivity contribution in [2.75, 3.05) is 26.7 Å². The molecule has 6 nitrogen and oxygen atoms in total. The third kappa shape index (κ3) is 6.86. The van der Waals surface area contributed by atoms with E-state index >= 15 is 0 Å². The van der Waals surface area contributed by atoms with Crippen molar-refractivity contribution in [3.8, 4) is 0 Å². The number of rotatable bonds is 7. The van der Waals surface area contributed by atoms with Gasteiger partial charge in [-0.3, -0.25) is 15.0 Å². The first kappa shape index (κ1) is 16.9. The van der Waals surface area contributed by atoms with Gasteiger partial charge >= 0.3 is 6.03 Å². The van der Waals surface area contributed by atoms with Crippen LogP contribution in [-0.2, 0) is 4.79 Å². The predicted molar refractivity (Wildman–Crippen MR) is 77.2 cm³/mol. The predicted octanol–water partition coefficient (Wildman–Crippen LogP) is 0.561. The second kappa shape index (κ2) is 8.21. The molecule has 0 aliphatic heterocycles. The first-order valence-corrected chi connectivity index (χ1v) is 7.31. The SMILES string of the molecule is CC(C)CCNC(=O)NC(=O)CN(C)CC1CC(O)C1. The minimum Gasteiger partial charge on any atom is -0.393 e. The lowest BCUT2D eigenvalue weighted by Gasteiger charge is -2.34. The lowest BCUT2D eigenvalue weighted by atomic mass is 9.82. The Morgan fingerprint density at radius 3 is 2.55 bits per heavy atom. The van der Waals surface area contributed by atoms with Crippen LogP contribution in [0.1, 0.15) is 33.1 Å². The highest BCUT2D eigenvalue weighted by Gasteiger charge is 2.28. The second-order valence-corrected chi connectivity index (χ2v) is 6.17. The Morgan fingerprint density at radius 1 is 1.35 bits per heavy atom. The van der Waals surface area contributed by atoms with Crippen LogP contribution in [0.2, 0.25) is 0 Å². The van der Waals surface area contributed by atoms with Gasteiger partial charge < -0.3 is 10.4 Å². The van der Waals surface area contributed by atoms with E-state index in [0.29, 0.717) is 18.4 Å². The monoisotopic (exact) mass is 285 g/mol. The maximum absolute atomic E-state index is 11.7. The fourth-order valence-electron chi connectivity index (χ4n) is 2.28. The number of nitrogens with one attached hydrogen (secondary N) is 2. The molecule has 0 unspecified atom stereocenters. The van der Waals surface area contributed by atoms with Crippen molar-refractivity contribution in [2.24, 2.45) is 11.8 Å². The molecule has 6 heteroatoms. The van der Waals surface area contributed by atoms with Crippen molar-refractivity contribution in [3.63, 3.8) is 0 Å². The molecule has 0 aromatic rings. The van der Waals surface area contributed by atoms with Crippen LogP contribution < -0.4 is 10.6 Å². The van der Waals surface area contributed by atoms with Crippen LogP contribution in [0, 0.1) is 11.8 Å². The highest BCUT2D eigenvalue weighted by atomic mass is 16.3. The molecular weight excluding hydrogens is 258 g/mol. The van der Waals surface area contributed by atoms with Crippen molar-refractivity contribution >= 4 is 11.9 Å². The molecule has 0 aromatic heterocycles. The second-order valence-electron chi connectivity index (χ2n) is 6.17. The molecule has 1 aliphatic rings. The Bertz CT molecular complexity index is 328. The first-order valence-electron chi connectivity index (χ1n) is 7.31. The number of hydrogen-bond donors (Lipinski definition) is 3. The van der Waals surface area contributed by atoms with E-state index in [0.717, 1.165) is 25.8 Å². The van der Waals surface area contributed by atoms with Gasteiger partial charge in [0, 0.05) is 13.1 Å². The number of carbonyl (C=O) groups excluding carboxylic acids is 2. The van der Waals surface area contributed by atoms with Gasteiger partial charge in [-0.1, -0.05) is 13.8 Å². The van der Waals surface area contributed by atoms with E-state index in [2.05, 4.69) is 24.5 Å². The maximum Gasteiger partial charge on any atom is 0.321 e. The van der Waals surface area contributed by atoms with Crippen molar-refractivity contribution in [1.82, 2.24) is 15.5 Å². The molecule has 116 valence electrons. The van der Waals surface area contributed by atoms with E-state index in [1.165, 1.54) is 0 Å². The third-order valence-electron chi connectivity index (χ3n) is 3.45. The maximum atomic E-state index is 11.7. The molecule has 1 fully saturated rings. The van der Waals surface area contributed by atoms with Crippen LogP contribution in [-0.4, -0.2) is 54.7 Å². The number of nitrogens with zero attached hydrogens (tertiary/aromatic N) is 1. The van der Waals surface area contributed by atoms with Gasteiger partial charge in [0.25, 0.3) is 0 Å². The van der Waals surface area contributed by atoms with Gasteiger partial charge in [-0.25, -0.2) is 4.79 Å². The molecule has 1 aliphatic carbocycles. The molecule has 0 radical (unpaired) electrons. The fraction of sp³-hybridized carbons (Fsp3) is 0.857. The molecule has 3 N–H and O–H groups in total. The Balaban J connectivity index is 2.10. The molecule has 0 atom stereocenters. The molecule has 0 spiro atoms. The summed E-state index contributed by atoms with van der Waals surface area (Å²) >= 11 is 0. The Hall–Kier alpha value is -1.14. The zero-order valence-corrected chi connectivity index (χ0v) is 12.7. The standard InChI is InChI=1S/C14H27N3O3/c1-10(2)4-5-15-14(20)16-13(19)9-17(3)8-11-6-12(18)7-11/h10-12,18H,4-9H2,1-3H3,(H2,15,16,19,20). The summed E-state index contributed by atoms with van der Waals surface area (Å²) in [7, 11) is 1.85. The van der Waals surface area contributed by atoms with Crippen LogP contribution in [0.4, 0.5) is 4.79 Å². The number of carbonyl (C=O) groups is 2. The minimum absolute atomic E-state index is 0.172. The van der Waals surface area contributed by atoms with Gasteiger partial charge in [0.2, 0.25) is 5.91 Å². The summed E-state index contributed by atoms with van der Waals surface area (Å²) in [6.07, 6.45) is 2.34. The summed E-state index contributed by atoms with van der Waals surface area (Å²) in [6.45, 7) is 5.71. The van der Waals surface area contributed by atoms with Crippen molar-refractivity contribution in [1.29, 1.82) is 0 Å². The quantitative estimate of drug-likeness (QED) is 0.638. The summed E-state index contributed by atoms with van der Waals surface area (Å²) in [5, 5.41) is 14.2. The van der Waals surface area contributed by atoms with Crippen molar-refractivity contribution in [3.05, 3.63) is 0 Å². The topological polar surface area (TPSA) is 81.7 Å². The van der Waals surface area contributed by atoms with Gasteiger partial charge in [0.05, 0.1) is 12.6 Å². The summed E-state index contributed by atoms with van der Waals surface area (Å²) in [4.78, 5) is 25.0. The van der Waals surface area contributed by atoms with Gasteiger partial charge in [0.15, 0.2) is 0 Å². The highest BCUT2D eigenvalue weighted by Crippen LogP contribution is 2.27. The lowest BCUT2D eigenvalue weighted by molar-refractivity contribution is -0.121. The van der Waals surface area contributed by atoms with Gasteiger partial charge in [0.1, 0.15) is 0 Å². The van der Waals surface area contributed by atoms with Crippen molar-refractivity contribution < 1.29 is 14.7 Å². The number of amides is 3. The largest absolute Gasteiger partial charge is 0.393 e. The Labute approximate surface area is 120 Å². The summed E-state index contributed by atoms with van der Waals surface area (Å²) in [5.41, 5.74) is 0. The number of aliphatic hydroxyl groups excluding tert-OH is 1. The summed E-state index contributed by atoms with van der Waals surface area (Å²) in [5.74, 6) is 0.687. The molecule has 3 amide bonds. The van der Waals surface area contributed by atoms with E-state index < -0.39 is 6.03 Å². The Kier molecular flexibility index (Phi) is 6.95. The smallest absolute Gasteiger partial charge is 0.321 e. The van der Waals surface area contributed by atoms with Gasteiger partial charge in [-0.15, -0.1) is 0 Å². The average Bonchev–Trinajstić information content (AvgIpc) is 2.25. The molecule has 1 rings (SSSR count). The number of aliphatic hydroxyl groups is 1. The van der Waals surface area contributed by atoms with Crippen molar-refractivity contribution in [2.45, 2.75) is 39.2 Å². The highest BCUT2D eigenvalue weighted by molar-refractivity contribution is 5.95. The average molecular weight is 285 g/mol. The van der Waals surface area contributed by atoms with Gasteiger partial charge in [-0.2, -0.15) is 0 Å². The molecular formula is C14H27N3O3. The molecule has 1 saturated carbocycles. The van der Waals surface area contributed by atoms with Crippen LogP contribution in [0.15, 0.2) is 0 Å². The zero-order valence-electron chi connectivity index (χ0n) is 12.7. The molecule has 0 bridgehead atoms. The summed E-state index contributed by atoms with van der Waals surface area (Å²) < 4.78 is 0. The molecule has 0 saturated heterocycles. The summed E-state index contributed by atoms with van der Waals surface area (Å²) in [6, 6.07) is -0.428. The van der Waals surface area contributed by atoms with Crippen LogP contribution in [0.3, 0.4) is 0 Å². The number of likely N-dealkylation sites (N-methyl/N-ethyl adjacent to an activating group) is 1. The fourth-order valence-corrected chi connectivity index (χ4v) is 2.28. The first-order chi connectivity index (χ1) is 9.36. The van der Waals surface area contributed by atoms with Crippen LogP contribution >= 0.6 is 0 Å². The number of imide groups is 1. The number of hydrogen-bond acceptors (Lipinski definition) is 4. The van der Waals surface area contributed by atoms with E-state index in [1.807, 2.05) is 11.9 Å². The molecule has 0 heterocycles. The van der Waals surface area contributed by atoms with Crippen LogP contribution in [0.25, 0.3) is 0 Å². The Morgan fingerprint density at radius 2 is 2.00 bits per heavy atom. The van der Waals surface area contributed by atoms with Gasteiger partial charge in [-0.05, 0) is 38.1 Å². The lowest BCUT2D eigenvalue weighted by Crippen LogP contribution is -2.46. The van der Waals surface area contributed by atoms with E-state index in [9.17, 15) is 14.7 Å². The third-order valence-corrected chi connectivity index (χ3v) is 3.45. The minimum atomic E-state index is -0.428.